The van der Waals surface area contributed by atoms with Crippen LogP contribution in [0.15, 0.2) is 30.6 Å². The molecule has 0 bridgehead atoms. The van der Waals surface area contributed by atoms with Crippen LogP contribution in [0.4, 0.5) is 0 Å². The number of nitrogens with zero attached hydrogens (tertiary/aromatic N) is 3. The second kappa shape index (κ2) is 5.94. The van der Waals surface area contributed by atoms with E-state index in [2.05, 4.69) is 52.2 Å². The van der Waals surface area contributed by atoms with Crippen molar-refractivity contribution in [1.82, 2.24) is 19.6 Å². The van der Waals surface area contributed by atoms with E-state index in [1.54, 1.807) is 0 Å². The fourth-order valence-electron chi connectivity index (χ4n) is 3.25. The normalized spacial score (nSPS) is 23.6. The van der Waals surface area contributed by atoms with Gasteiger partial charge in [0.15, 0.2) is 0 Å². The molecule has 2 aromatic heterocycles. The predicted octanol–water partition coefficient (Wildman–Crippen LogP) is 2.30. The zero-order chi connectivity index (χ0) is 13.9. The molecule has 2 aromatic rings. The van der Waals surface area contributed by atoms with Crippen LogP contribution in [0.2, 0.25) is 0 Å². The van der Waals surface area contributed by atoms with E-state index in [9.17, 15) is 0 Å². The van der Waals surface area contributed by atoms with Crippen LogP contribution < -0.4 is 5.32 Å². The summed E-state index contributed by atoms with van der Waals surface area (Å²) in [6, 6.07) is 7.55. The summed E-state index contributed by atoms with van der Waals surface area (Å²) in [5, 5.41) is 3.40. The highest BCUT2D eigenvalue weighted by atomic mass is 15.1. The number of fused-ring (bicyclic) bond motifs is 1. The lowest BCUT2D eigenvalue weighted by atomic mass is 9.90. The largest absolute Gasteiger partial charge is 0.317 e. The molecule has 2 heterocycles. The van der Waals surface area contributed by atoms with Gasteiger partial charge in [0.25, 0.3) is 0 Å². The third kappa shape index (κ3) is 2.86. The molecule has 3 rings (SSSR count). The first-order chi connectivity index (χ1) is 9.76. The summed E-state index contributed by atoms with van der Waals surface area (Å²) in [7, 11) is 4.31. The number of nitrogens with one attached hydrogen (secondary N) is 1. The van der Waals surface area contributed by atoms with Crippen LogP contribution in [-0.2, 0) is 6.54 Å². The monoisotopic (exact) mass is 272 g/mol. The van der Waals surface area contributed by atoms with Crippen LogP contribution in [0, 0.1) is 0 Å². The van der Waals surface area contributed by atoms with E-state index >= 15 is 0 Å². The first-order valence-corrected chi connectivity index (χ1v) is 7.56. The maximum atomic E-state index is 4.69. The highest BCUT2D eigenvalue weighted by Crippen LogP contribution is 2.23. The van der Waals surface area contributed by atoms with E-state index < -0.39 is 0 Å². The SMILES string of the molecule is CNC1CCC(N(C)Cc2cn3ccccc3n2)CC1. The third-order valence-corrected chi connectivity index (χ3v) is 4.55. The van der Waals surface area contributed by atoms with Crippen LogP contribution in [0.5, 0.6) is 0 Å². The van der Waals surface area contributed by atoms with Gasteiger partial charge in [-0.05, 0) is 51.9 Å². The predicted molar refractivity (Wildman–Crippen MR) is 81.8 cm³/mol. The average Bonchev–Trinajstić information content (AvgIpc) is 2.89. The molecule has 4 nitrogen and oxygen atoms in total. The quantitative estimate of drug-likeness (QED) is 0.927. The summed E-state index contributed by atoms with van der Waals surface area (Å²) < 4.78 is 2.10. The van der Waals surface area contributed by atoms with E-state index in [1.165, 1.54) is 25.7 Å². The molecule has 0 radical (unpaired) electrons. The van der Waals surface area contributed by atoms with Gasteiger partial charge in [-0.3, -0.25) is 4.90 Å². The van der Waals surface area contributed by atoms with Gasteiger partial charge in [0.2, 0.25) is 0 Å². The standard InChI is InChI=1S/C16H24N4/c1-17-13-6-8-15(9-7-13)19(2)11-14-12-20-10-4-3-5-16(20)18-14/h3-5,10,12-13,15,17H,6-9,11H2,1-2H3. The lowest BCUT2D eigenvalue weighted by Gasteiger charge is -2.34. The molecule has 20 heavy (non-hydrogen) atoms. The molecular formula is C16H24N4. The molecule has 0 saturated heterocycles. The molecule has 4 heteroatoms. The third-order valence-electron chi connectivity index (χ3n) is 4.55. The summed E-state index contributed by atoms with van der Waals surface area (Å²) in [5.41, 5.74) is 2.20. The van der Waals surface area contributed by atoms with Crippen LogP contribution in [-0.4, -0.2) is 40.5 Å². The topological polar surface area (TPSA) is 32.6 Å². The maximum absolute atomic E-state index is 4.69. The van der Waals surface area contributed by atoms with Crippen LogP contribution >= 0.6 is 0 Å². The average molecular weight is 272 g/mol. The molecule has 1 N–H and O–H groups in total. The minimum absolute atomic E-state index is 0.699. The van der Waals surface area contributed by atoms with Crippen molar-refractivity contribution in [2.75, 3.05) is 14.1 Å². The van der Waals surface area contributed by atoms with Crippen molar-refractivity contribution in [3.63, 3.8) is 0 Å². The number of imidazole rings is 1. The highest BCUT2D eigenvalue weighted by molar-refractivity contribution is 5.39. The molecule has 108 valence electrons. The second-order valence-corrected chi connectivity index (χ2v) is 5.91. The Hall–Kier alpha value is -1.39. The second-order valence-electron chi connectivity index (χ2n) is 5.91. The highest BCUT2D eigenvalue weighted by Gasteiger charge is 2.23. The summed E-state index contributed by atoms with van der Waals surface area (Å²) >= 11 is 0. The number of hydrogen-bond acceptors (Lipinski definition) is 3. The van der Waals surface area contributed by atoms with E-state index in [-0.39, 0.29) is 0 Å². The fraction of sp³-hybridized carbons (Fsp3) is 0.562. The Kier molecular flexibility index (Phi) is 4.03. The molecule has 1 aliphatic carbocycles. The molecule has 1 fully saturated rings. The molecule has 0 aromatic carbocycles. The lowest BCUT2D eigenvalue weighted by molar-refractivity contribution is 0.168. The minimum Gasteiger partial charge on any atom is -0.317 e. The van der Waals surface area contributed by atoms with Crippen molar-refractivity contribution in [3.05, 3.63) is 36.3 Å². The molecule has 0 spiro atoms. The molecule has 1 saturated carbocycles. The van der Waals surface area contributed by atoms with Crippen LogP contribution in [0.25, 0.3) is 5.65 Å². The Balaban J connectivity index is 1.62. The lowest BCUT2D eigenvalue weighted by Crippen LogP contribution is -2.39. The first-order valence-electron chi connectivity index (χ1n) is 7.56. The van der Waals surface area contributed by atoms with E-state index in [1.807, 2.05) is 12.1 Å². The molecule has 0 amide bonds. The van der Waals surface area contributed by atoms with Crippen molar-refractivity contribution >= 4 is 5.65 Å². The van der Waals surface area contributed by atoms with Crippen molar-refractivity contribution in [2.45, 2.75) is 44.3 Å². The van der Waals surface area contributed by atoms with Crippen molar-refractivity contribution in [1.29, 1.82) is 0 Å². The number of rotatable bonds is 4. The van der Waals surface area contributed by atoms with Gasteiger partial charge < -0.3 is 9.72 Å². The molecule has 1 aliphatic rings. The first kappa shape index (κ1) is 13.6. The van der Waals surface area contributed by atoms with Gasteiger partial charge in [-0.25, -0.2) is 4.98 Å². The van der Waals surface area contributed by atoms with Gasteiger partial charge >= 0.3 is 0 Å². The summed E-state index contributed by atoms with van der Waals surface area (Å²) in [4.78, 5) is 7.15. The Labute approximate surface area is 120 Å². The van der Waals surface area contributed by atoms with Gasteiger partial charge in [-0.1, -0.05) is 6.07 Å². The summed E-state index contributed by atoms with van der Waals surface area (Å²) in [6.45, 7) is 0.941. The molecule has 0 aliphatic heterocycles. The fourth-order valence-corrected chi connectivity index (χ4v) is 3.25. The van der Waals surface area contributed by atoms with E-state index in [0.717, 1.165) is 23.9 Å². The minimum atomic E-state index is 0.699. The van der Waals surface area contributed by atoms with Gasteiger partial charge in [0.05, 0.1) is 5.69 Å². The van der Waals surface area contributed by atoms with Gasteiger partial charge in [-0.15, -0.1) is 0 Å². The maximum Gasteiger partial charge on any atom is 0.137 e. The van der Waals surface area contributed by atoms with Gasteiger partial charge in [0, 0.05) is 31.0 Å². The van der Waals surface area contributed by atoms with Gasteiger partial charge in [0.1, 0.15) is 5.65 Å². The number of aromatic nitrogens is 2. The Morgan fingerprint density at radius 2 is 2.10 bits per heavy atom. The number of pyridine rings is 1. The molecule has 0 unspecified atom stereocenters. The van der Waals surface area contributed by atoms with Crippen LogP contribution in [0.3, 0.4) is 0 Å². The summed E-state index contributed by atoms with van der Waals surface area (Å²) in [5.74, 6) is 0. The van der Waals surface area contributed by atoms with Crippen molar-refractivity contribution < 1.29 is 0 Å². The Morgan fingerprint density at radius 3 is 2.80 bits per heavy atom. The van der Waals surface area contributed by atoms with Crippen molar-refractivity contribution in [3.8, 4) is 0 Å². The molecule has 0 atom stereocenters. The zero-order valence-electron chi connectivity index (χ0n) is 12.4. The number of hydrogen-bond donors (Lipinski definition) is 1. The molecular weight excluding hydrogens is 248 g/mol. The van der Waals surface area contributed by atoms with Crippen molar-refractivity contribution in [2.24, 2.45) is 0 Å². The van der Waals surface area contributed by atoms with Crippen LogP contribution in [0.1, 0.15) is 31.4 Å². The summed E-state index contributed by atoms with van der Waals surface area (Å²) in [6.07, 6.45) is 9.35. The Bertz CT molecular complexity index is 521. The van der Waals surface area contributed by atoms with Gasteiger partial charge in [-0.2, -0.15) is 0 Å². The Morgan fingerprint density at radius 1 is 1.30 bits per heavy atom. The smallest absolute Gasteiger partial charge is 0.137 e. The van der Waals surface area contributed by atoms with E-state index in [0.29, 0.717) is 6.04 Å². The van der Waals surface area contributed by atoms with E-state index in [4.69, 9.17) is 0 Å². The zero-order valence-corrected chi connectivity index (χ0v) is 12.4.